The third-order valence-corrected chi connectivity index (χ3v) is 4.45. The molecule has 3 rings (SSSR count). The zero-order valence-electron chi connectivity index (χ0n) is 14.7. The third kappa shape index (κ3) is 3.43. The van der Waals surface area contributed by atoms with Gasteiger partial charge in [0.25, 0.3) is 5.91 Å². The molecule has 24 heavy (non-hydrogen) atoms. The zero-order chi connectivity index (χ0) is 17.1. The smallest absolute Gasteiger partial charge is 0.255 e. The van der Waals surface area contributed by atoms with Crippen molar-refractivity contribution in [2.24, 2.45) is 0 Å². The van der Waals surface area contributed by atoms with Gasteiger partial charge in [0.05, 0.1) is 18.0 Å². The van der Waals surface area contributed by atoms with Crippen LogP contribution in [-0.2, 0) is 4.74 Å². The van der Waals surface area contributed by atoms with Crippen molar-refractivity contribution < 1.29 is 9.53 Å². The highest BCUT2D eigenvalue weighted by Gasteiger charge is 2.23. The van der Waals surface area contributed by atoms with Gasteiger partial charge >= 0.3 is 0 Å². The summed E-state index contributed by atoms with van der Waals surface area (Å²) in [7, 11) is 0. The summed E-state index contributed by atoms with van der Waals surface area (Å²) in [6.45, 7) is 8.46. The lowest BCUT2D eigenvalue weighted by atomic mass is 10.2. The van der Waals surface area contributed by atoms with Crippen LogP contribution in [0.5, 0.6) is 0 Å². The lowest BCUT2D eigenvalue weighted by Crippen LogP contribution is -2.38. The van der Waals surface area contributed by atoms with Crippen LogP contribution in [0, 0.1) is 0 Å². The summed E-state index contributed by atoms with van der Waals surface area (Å²) >= 11 is 0. The van der Waals surface area contributed by atoms with E-state index in [-0.39, 0.29) is 12.0 Å². The topological polar surface area (TPSA) is 60.2 Å². The van der Waals surface area contributed by atoms with Crippen LogP contribution >= 0.6 is 0 Å². The number of imidazole rings is 1. The van der Waals surface area contributed by atoms with Gasteiger partial charge in [0.2, 0.25) is 0 Å². The molecule has 1 saturated heterocycles. The number of pyridine rings is 1. The first-order valence-electron chi connectivity index (χ1n) is 8.83. The number of carbonyl (C=O) groups is 1. The van der Waals surface area contributed by atoms with Gasteiger partial charge in [-0.15, -0.1) is 0 Å². The van der Waals surface area contributed by atoms with E-state index < -0.39 is 0 Å². The Bertz CT molecular complexity index is 704. The number of hydrogen-bond acceptors (Lipinski definition) is 4. The molecule has 2 aromatic heterocycles. The highest BCUT2D eigenvalue weighted by Crippen LogP contribution is 2.19. The van der Waals surface area contributed by atoms with E-state index >= 15 is 0 Å². The van der Waals surface area contributed by atoms with Crippen LogP contribution in [0.1, 0.15) is 56.4 Å². The number of fused-ring (bicyclic) bond motifs is 1. The fraction of sp³-hybridized carbons (Fsp3) is 0.611. The normalized spacial score (nSPS) is 17.8. The molecule has 0 radical (unpaired) electrons. The molecule has 0 aliphatic carbocycles. The lowest BCUT2D eigenvalue weighted by molar-refractivity contribution is 0.0526. The largest absolute Gasteiger partial charge is 0.376 e. The van der Waals surface area contributed by atoms with Gasteiger partial charge in [0.1, 0.15) is 5.52 Å². The molecule has 1 amide bonds. The Labute approximate surface area is 142 Å². The Morgan fingerprint density at radius 1 is 1.46 bits per heavy atom. The molecule has 0 bridgehead atoms. The van der Waals surface area contributed by atoms with Crippen molar-refractivity contribution in [2.45, 2.75) is 52.2 Å². The van der Waals surface area contributed by atoms with Gasteiger partial charge in [0.15, 0.2) is 5.65 Å². The number of carbonyl (C=O) groups excluding carboxylic acids is 1. The monoisotopic (exact) mass is 330 g/mol. The fourth-order valence-electron chi connectivity index (χ4n) is 3.18. The first kappa shape index (κ1) is 16.9. The minimum atomic E-state index is 0.0147. The van der Waals surface area contributed by atoms with E-state index in [0.29, 0.717) is 18.2 Å². The molecule has 1 aliphatic heterocycles. The Hall–Kier alpha value is -1.95. The van der Waals surface area contributed by atoms with Crippen LogP contribution in [0.2, 0.25) is 0 Å². The van der Waals surface area contributed by atoms with Crippen molar-refractivity contribution in [2.75, 3.05) is 19.7 Å². The number of ether oxygens (including phenoxy) is 1. The van der Waals surface area contributed by atoms with E-state index in [2.05, 4.69) is 30.7 Å². The highest BCUT2D eigenvalue weighted by molar-refractivity contribution is 5.96. The standard InChI is InChI=1S/C18H26N4O2/c1-4-7-21(11-15-6-5-8-24-15)18(23)14-9-16-17(19-10-14)22(12-20-16)13(2)3/h9-10,12-13,15H,4-8,11H2,1-3H3. The molecule has 6 heteroatoms. The predicted octanol–water partition coefficient (Wildman–Crippen LogP) is 3.04. The van der Waals surface area contributed by atoms with E-state index in [0.717, 1.165) is 43.6 Å². The van der Waals surface area contributed by atoms with Crippen LogP contribution in [0.4, 0.5) is 0 Å². The molecule has 1 atom stereocenters. The van der Waals surface area contributed by atoms with Gasteiger partial charge in [-0.25, -0.2) is 9.97 Å². The molecule has 0 spiro atoms. The molecule has 1 aliphatic rings. The summed E-state index contributed by atoms with van der Waals surface area (Å²) in [4.78, 5) is 23.7. The number of amides is 1. The second kappa shape index (κ2) is 7.30. The van der Waals surface area contributed by atoms with E-state index in [1.165, 1.54) is 0 Å². The Morgan fingerprint density at radius 3 is 2.96 bits per heavy atom. The number of aromatic nitrogens is 3. The van der Waals surface area contributed by atoms with Crippen LogP contribution in [0.15, 0.2) is 18.6 Å². The number of rotatable bonds is 6. The number of hydrogen-bond donors (Lipinski definition) is 0. The van der Waals surface area contributed by atoms with Gasteiger partial charge in [-0.1, -0.05) is 6.92 Å². The Kier molecular flexibility index (Phi) is 5.14. The Morgan fingerprint density at radius 2 is 2.29 bits per heavy atom. The maximum Gasteiger partial charge on any atom is 0.255 e. The van der Waals surface area contributed by atoms with E-state index in [1.807, 2.05) is 15.5 Å². The molecule has 1 unspecified atom stereocenters. The summed E-state index contributed by atoms with van der Waals surface area (Å²) in [6.07, 6.45) is 6.66. The lowest BCUT2D eigenvalue weighted by Gasteiger charge is -2.25. The second-order valence-electron chi connectivity index (χ2n) is 6.70. The first-order valence-corrected chi connectivity index (χ1v) is 8.83. The molecule has 3 heterocycles. The molecule has 0 saturated carbocycles. The van der Waals surface area contributed by atoms with Crippen molar-refractivity contribution in [1.29, 1.82) is 0 Å². The Balaban J connectivity index is 1.82. The maximum atomic E-state index is 12.9. The zero-order valence-corrected chi connectivity index (χ0v) is 14.7. The summed E-state index contributed by atoms with van der Waals surface area (Å²) in [5, 5.41) is 0. The van der Waals surface area contributed by atoms with Gasteiger partial charge in [-0.05, 0) is 39.2 Å². The minimum absolute atomic E-state index is 0.0147. The van der Waals surface area contributed by atoms with E-state index in [1.54, 1.807) is 12.5 Å². The average molecular weight is 330 g/mol. The molecule has 0 aromatic carbocycles. The van der Waals surface area contributed by atoms with Gasteiger partial charge in [-0.3, -0.25) is 4.79 Å². The summed E-state index contributed by atoms with van der Waals surface area (Å²) in [5.74, 6) is 0.0147. The minimum Gasteiger partial charge on any atom is -0.376 e. The molecule has 2 aromatic rings. The van der Waals surface area contributed by atoms with Crippen molar-refractivity contribution in [3.8, 4) is 0 Å². The maximum absolute atomic E-state index is 12.9. The van der Waals surface area contributed by atoms with Crippen LogP contribution in [-0.4, -0.2) is 51.1 Å². The van der Waals surface area contributed by atoms with Crippen LogP contribution < -0.4 is 0 Å². The molecule has 130 valence electrons. The van der Waals surface area contributed by atoms with Crippen molar-refractivity contribution in [3.05, 3.63) is 24.2 Å². The van der Waals surface area contributed by atoms with Crippen molar-refractivity contribution in [3.63, 3.8) is 0 Å². The van der Waals surface area contributed by atoms with Gasteiger partial charge in [0, 0.05) is 31.9 Å². The van der Waals surface area contributed by atoms with Crippen LogP contribution in [0.25, 0.3) is 11.2 Å². The summed E-state index contributed by atoms with van der Waals surface area (Å²) < 4.78 is 7.70. The predicted molar refractivity (Wildman–Crippen MR) is 93.1 cm³/mol. The second-order valence-corrected chi connectivity index (χ2v) is 6.70. The molecular weight excluding hydrogens is 304 g/mol. The summed E-state index contributed by atoms with van der Waals surface area (Å²) in [6, 6.07) is 2.14. The number of nitrogens with zero attached hydrogens (tertiary/aromatic N) is 4. The first-order chi connectivity index (χ1) is 11.6. The fourth-order valence-corrected chi connectivity index (χ4v) is 3.18. The molecule has 0 N–H and O–H groups in total. The highest BCUT2D eigenvalue weighted by atomic mass is 16.5. The van der Waals surface area contributed by atoms with E-state index in [9.17, 15) is 4.79 Å². The van der Waals surface area contributed by atoms with E-state index in [4.69, 9.17) is 4.74 Å². The molecular formula is C18H26N4O2. The average Bonchev–Trinajstić information content (AvgIpc) is 3.22. The van der Waals surface area contributed by atoms with Gasteiger partial charge < -0.3 is 14.2 Å². The van der Waals surface area contributed by atoms with Crippen molar-refractivity contribution >= 4 is 17.1 Å². The molecule has 6 nitrogen and oxygen atoms in total. The molecule has 1 fully saturated rings. The van der Waals surface area contributed by atoms with Gasteiger partial charge in [-0.2, -0.15) is 0 Å². The third-order valence-electron chi connectivity index (χ3n) is 4.45. The van der Waals surface area contributed by atoms with Crippen molar-refractivity contribution in [1.82, 2.24) is 19.4 Å². The summed E-state index contributed by atoms with van der Waals surface area (Å²) in [5.41, 5.74) is 2.19. The SMILES string of the molecule is CCCN(CC1CCCO1)C(=O)c1cnc2c(c1)ncn2C(C)C. The van der Waals surface area contributed by atoms with Crippen LogP contribution in [0.3, 0.4) is 0 Å². The quantitative estimate of drug-likeness (QED) is 0.817.